The SMILES string of the molecule is c1ccc2c(c1)Sc1cccc3nc(-n4c5ccccc5c5c6c(ccc54)sc4ccccc46)nc-2c13. The van der Waals surface area contributed by atoms with E-state index in [1.807, 2.05) is 11.3 Å². The van der Waals surface area contributed by atoms with Gasteiger partial charge in [-0.05, 0) is 42.5 Å². The van der Waals surface area contributed by atoms with E-state index in [0.717, 1.165) is 27.6 Å². The van der Waals surface area contributed by atoms with Crippen molar-refractivity contribution in [2.24, 2.45) is 0 Å². The Morgan fingerprint density at radius 3 is 2.32 bits per heavy atom. The van der Waals surface area contributed by atoms with Crippen molar-refractivity contribution in [2.75, 3.05) is 0 Å². The van der Waals surface area contributed by atoms with Gasteiger partial charge in [0.15, 0.2) is 0 Å². The van der Waals surface area contributed by atoms with Gasteiger partial charge in [-0.2, -0.15) is 0 Å². The standard InChI is InChI=1S/C32H17N3S2/c1-4-12-22-18(8-1)28-23(16-17-27-29(28)19-9-2-5-13-24(19)36-27)35(22)32-33-21-11-7-15-26-30(21)31(34-32)20-10-3-6-14-25(20)37-26/h1-17H. The maximum atomic E-state index is 5.29. The lowest BCUT2D eigenvalue weighted by Crippen LogP contribution is -2.05. The molecule has 0 radical (unpaired) electrons. The zero-order chi connectivity index (χ0) is 24.1. The van der Waals surface area contributed by atoms with Crippen molar-refractivity contribution in [1.29, 1.82) is 0 Å². The number of nitrogens with zero attached hydrogens (tertiary/aromatic N) is 3. The summed E-state index contributed by atoms with van der Waals surface area (Å²) in [6, 6.07) is 36.8. The number of thiophene rings is 1. The Bertz CT molecular complexity index is 2240. The summed E-state index contributed by atoms with van der Waals surface area (Å²) in [6.45, 7) is 0. The molecule has 37 heavy (non-hydrogen) atoms. The van der Waals surface area contributed by atoms with E-state index in [-0.39, 0.29) is 0 Å². The van der Waals surface area contributed by atoms with Gasteiger partial charge in [0.05, 0.1) is 22.2 Å². The fourth-order valence-corrected chi connectivity index (χ4v) is 8.10. The lowest BCUT2D eigenvalue weighted by atomic mass is 10.1. The van der Waals surface area contributed by atoms with Crippen LogP contribution in [0.4, 0.5) is 0 Å². The summed E-state index contributed by atoms with van der Waals surface area (Å²) in [6.07, 6.45) is 0. The highest BCUT2D eigenvalue weighted by molar-refractivity contribution is 7.99. The lowest BCUT2D eigenvalue weighted by molar-refractivity contribution is 1.01. The number of hydrogen-bond acceptors (Lipinski definition) is 4. The summed E-state index contributed by atoms with van der Waals surface area (Å²) in [4.78, 5) is 12.9. The van der Waals surface area contributed by atoms with Crippen LogP contribution in [0.3, 0.4) is 0 Å². The fraction of sp³-hybridized carbons (Fsp3) is 0. The van der Waals surface area contributed by atoms with Crippen LogP contribution in [-0.4, -0.2) is 14.5 Å². The molecule has 0 atom stereocenters. The second kappa shape index (κ2) is 7.19. The number of hydrogen-bond donors (Lipinski definition) is 0. The van der Waals surface area contributed by atoms with Crippen LogP contribution in [0.25, 0.3) is 70.1 Å². The summed E-state index contributed by atoms with van der Waals surface area (Å²) in [5, 5.41) is 6.27. The van der Waals surface area contributed by atoms with Gasteiger partial charge < -0.3 is 0 Å². The predicted molar refractivity (Wildman–Crippen MR) is 156 cm³/mol. The Balaban J connectivity index is 1.46. The molecule has 0 bridgehead atoms. The number of rotatable bonds is 1. The molecule has 0 amide bonds. The third-order valence-corrected chi connectivity index (χ3v) is 9.68. The quantitative estimate of drug-likeness (QED) is 0.222. The molecule has 4 heterocycles. The third kappa shape index (κ3) is 2.62. The van der Waals surface area contributed by atoms with Crippen LogP contribution in [0.2, 0.25) is 0 Å². The molecule has 5 heteroatoms. The van der Waals surface area contributed by atoms with E-state index in [9.17, 15) is 0 Å². The molecule has 0 fully saturated rings. The summed E-state index contributed by atoms with van der Waals surface area (Å²) in [5.41, 5.74) is 5.43. The second-order valence-corrected chi connectivity index (χ2v) is 11.6. The van der Waals surface area contributed by atoms with Crippen molar-refractivity contribution >= 4 is 76.0 Å². The molecule has 0 saturated carbocycles. The molecular formula is C32H17N3S2. The van der Waals surface area contributed by atoms with Gasteiger partial charge in [-0.1, -0.05) is 72.4 Å². The molecule has 1 aliphatic rings. The molecule has 0 spiro atoms. The van der Waals surface area contributed by atoms with Crippen molar-refractivity contribution < 1.29 is 0 Å². The van der Waals surface area contributed by atoms with Crippen molar-refractivity contribution in [1.82, 2.24) is 14.5 Å². The Labute approximate surface area is 220 Å². The number of benzene rings is 5. The molecule has 5 aromatic carbocycles. The van der Waals surface area contributed by atoms with Gasteiger partial charge in [0.25, 0.3) is 0 Å². The minimum Gasteiger partial charge on any atom is -0.278 e. The molecule has 0 N–H and O–H groups in total. The van der Waals surface area contributed by atoms with Crippen LogP contribution in [0.5, 0.6) is 0 Å². The Kier molecular flexibility index (Phi) is 3.87. The van der Waals surface area contributed by atoms with Gasteiger partial charge in [0.1, 0.15) is 0 Å². The normalized spacial score (nSPS) is 12.8. The predicted octanol–water partition coefficient (Wildman–Crippen LogP) is 9.23. The third-order valence-electron chi connectivity index (χ3n) is 7.41. The molecule has 0 aliphatic carbocycles. The minimum absolute atomic E-state index is 0.714. The molecule has 0 saturated heterocycles. The van der Waals surface area contributed by atoms with Crippen molar-refractivity contribution in [3.05, 3.63) is 103 Å². The zero-order valence-corrected chi connectivity index (χ0v) is 21.1. The molecule has 0 unspecified atom stereocenters. The highest BCUT2D eigenvalue weighted by atomic mass is 32.2. The molecule has 1 aliphatic heterocycles. The van der Waals surface area contributed by atoms with E-state index in [1.165, 1.54) is 46.3 Å². The first-order chi connectivity index (χ1) is 18.3. The Morgan fingerprint density at radius 2 is 1.35 bits per heavy atom. The van der Waals surface area contributed by atoms with Gasteiger partial charge in [-0.25, -0.2) is 9.97 Å². The molecule has 3 aromatic heterocycles. The maximum Gasteiger partial charge on any atom is 0.235 e. The summed E-state index contributed by atoms with van der Waals surface area (Å²) in [7, 11) is 0. The first kappa shape index (κ1) is 19.9. The van der Waals surface area contributed by atoms with Crippen molar-refractivity contribution in [3.8, 4) is 17.2 Å². The van der Waals surface area contributed by atoms with Crippen LogP contribution >= 0.6 is 23.1 Å². The van der Waals surface area contributed by atoms with Gasteiger partial charge in [-0.15, -0.1) is 11.3 Å². The van der Waals surface area contributed by atoms with Gasteiger partial charge >= 0.3 is 0 Å². The Hall–Kier alpha value is -4.19. The summed E-state index contributed by atoms with van der Waals surface area (Å²) >= 11 is 3.66. The smallest absolute Gasteiger partial charge is 0.235 e. The van der Waals surface area contributed by atoms with E-state index in [1.54, 1.807) is 11.8 Å². The highest BCUT2D eigenvalue weighted by Crippen LogP contribution is 2.47. The van der Waals surface area contributed by atoms with Crippen LogP contribution in [0.1, 0.15) is 0 Å². The first-order valence-corrected chi connectivity index (χ1v) is 13.9. The van der Waals surface area contributed by atoms with Crippen LogP contribution < -0.4 is 0 Å². The molecule has 172 valence electrons. The van der Waals surface area contributed by atoms with E-state index in [4.69, 9.17) is 9.97 Å². The average molecular weight is 508 g/mol. The largest absolute Gasteiger partial charge is 0.278 e. The van der Waals surface area contributed by atoms with Crippen molar-refractivity contribution in [3.63, 3.8) is 0 Å². The van der Waals surface area contributed by atoms with Crippen LogP contribution in [-0.2, 0) is 0 Å². The maximum absolute atomic E-state index is 5.29. The first-order valence-electron chi connectivity index (χ1n) is 12.3. The monoisotopic (exact) mass is 507 g/mol. The lowest BCUT2D eigenvalue weighted by Gasteiger charge is -2.20. The van der Waals surface area contributed by atoms with Gasteiger partial charge in [0.2, 0.25) is 5.95 Å². The molecular weight excluding hydrogens is 491 g/mol. The average Bonchev–Trinajstić information content (AvgIpc) is 3.48. The number of aromatic nitrogens is 3. The summed E-state index contributed by atoms with van der Waals surface area (Å²) < 4.78 is 4.88. The van der Waals surface area contributed by atoms with E-state index in [2.05, 4.69) is 108 Å². The summed E-state index contributed by atoms with van der Waals surface area (Å²) in [5.74, 6) is 0.714. The Morgan fingerprint density at radius 1 is 0.541 bits per heavy atom. The van der Waals surface area contributed by atoms with Gasteiger partial charge in [-0.3, -0.25) is 4.57 Å². The van der Waals surface area contributed by atoms with Gasteiger partial charge in [0, 0.05) is 51.7 Å². The topological polar surface area (TPSA) is 30.7 Å². The second-order valence-electron chi connectivity index (χ2n) is 9.40. The molecule has 9 rings (SSSR count). The van der Waals surface area contributed by atoms with Crippen LogP contribution in [0.15, 0.2) is 113 Å². The zero-order valence-electron chi connectivity index (χ0n) is 19.5. The molecule has 3 nitrogen and oxygen atoms in total. The number of para-hydroxylation sites is 1. The van der Waals surface area contributed by atoms with E-state index < -0.39 is 0 Å². The highest BCUT2D eigenvalue weighted by Gasteiger charge is 2.24. The number of fused-ring (bicyclic) bond motifs is 9. The van der Waals surface area contributed by atoms with E-state index >= 15 is 0 Å². The van der Waals surface area contributed by atoms with E-state index in [0.29, 0.717) is 5.95 Å². The van der Waals surface area contributed by atoms with Crippen LogP contribution in [0, 0.1) is 0 Å². The molecule has 8 aromatic rings. The minimum atomic E-state index is 0.714. The van der Waals surface area contributed by atoms with Crippen molar-refractivity contribution in [2.45, 2.75) is 9.79 Å². The fourth-order valence-electron chi connectivity index (χ4n) is 5.88.